The van der Waals surface area contributed by atoms with Gasteiger partial charge in [0.25, 0.3) is 0 Å². The molecule has 94 valence electrons. The van der Waals surface area contributed by atoms with Crippen LogP contribution in [0.25, 0.3) is 0 Å². The van der Waals surface area contributed by atoms with Crippen molar-refractivity contribution in [2.24, 2.45) is 5.41 Å². The van der Waals surface area contributed by atoms with Gasteiger partial charge < -0.3 is 4.90 Å². The molecule has 1 aliphatic rings. The van der Waals surface area contributed by atoms with Gasteiger partial charge in [-0.3, -0.25) is 0 Å². The molecule has 17 heavy (non-hydrogen) atoms. The Hall–Kier alpha value is -0.830. The molecule has 2 heterocycles. The summed E-state index contributed by atoms with van der Waals surface area (Å²) in [5, 5.41) is 0.551. The van der Waals surface area contributed by atoms with E-state index in [2.05, 4.69) is 35.6 Å². The maximum Gasteiger partial charge on any atom is 0.134 e. The Kier molecular flexibility index (Phi) is 3.57. The highest BCUT2D eigenvalue weighted by Crippen LogP contribution is 2.31. The normalized spacial score (nSPS) is 19.4. The summed E-state index contributed by atoms with van der Waals surface area (Å²) < 4.78 is 0. The van der Waals surface area contributed by atoms with Gasteiger partial charge in [0.05, 0.1) is 0 Å². The smallest absolute Gasteiger partial charge is 0.134 e. The summed E-state index contributed by atoms with van der Waals surface area (Å²) in [4.78, 5) is 11.1. The van der Waals surface area contributed by atoms with Crippen LogP contribution in [0.3, 0.4) is 0 Å². The third-order valence-corrected chi connectivity index (χ3v) is 3.46. The Labute approximate surface area is 108 Å². The fourth-order valence-corrected chi connectivity index (χ4v) is 2.59. The van der Waals surface area contributed by atoms with E-state index in [0.717, 1.165) is 31.2 Å². The minimum absolute atomic E-state index is 0.363. The highest BCUT2D eigenvalue weighted by atomic mass is 35.5. The molecule has 0 amide bonds. The van der Waals surface area contributed by atoms with Crippen LogP contribution in [-0.4, -0.2) is 23.1 Å². The van der Waals surface area contributed by atoms with Crippen LogP contribution in [0.2, 0.25) is 5.15 Å². The summed E-state index contributed by atoms with van der Waals surface area (Å²) in [6.45, 7) is 8.78. The van der Waals surface area contributed by atoms with Gasteiger partial charge in [-0.1, -0.05) is 32.4 Å². The molecule has 0 bridgehead atoms. The van der Waals surface area contributed by atoms with Crippen molar-refractivity contribution in [2.45, 2.75) is 40.0 Å². The highest BCUT2D eigenvalue weighted by Gasteiger charge is 2.27. The van der Waals surface area contributed by atoms with Gasteiger partial charge in [0.15, 0.2) is 0 Å². The van der Waals surface area contributed by atoms with Gasteiger partial charge in [0.1, 0.15) is 16.8 Å². The highest BCUT2D eigenvalue weighted by molar-refractivity contribution is 6.29. The molecule has 0 saturated carbocycles. The molecule has 1 aliphatic heterocycles. The molecule has 0 atom stereocenters. The summed E-state index contributed by atoms with van der Waals surface area (Å²) in [5.41, 5.74) is 0.363. The van der Waals surface area contributed by atoms with E-state index in [1.807, 2.05) is 6.07 Å². The van der Waals surface area contributed by atoms with Crippen molar-refractivity contribution in [3.8, 4) is 0 Å². The van der Waals surface area contributed by atoms with Crippen LogP contribution in [0.5, 0.6) is 0 Å². The first-order valence-corrected chi connectivity index (χ1v) is 6.66. The molecule has 4 heteroatoms. The van der Waals surface area contributed by atoms with Gasteiger partial charge in [0, 0.05) is 25.6 Å². The zero-order valence-electron chi connectivity index (χ0n) is 10.8. The lowest BCUT2D eigenvalue weighted by atomic mass is 9.84. The summed E-state index contributed by atoms with van der Waals surface area (Å²) in [6, 6.07) is 1.88. The van der Waals surface area contributed by atoms with E-state index in [4.69, 9.17) is 11.6 Å². The largest absolute Gasteiger partial charge is 0.356 e. The minimum Gasteiger partial charge on any atom is -0.356 e. The molecular weight excluding hydrogens is 234 g/mol. The second-order valence-electron chi connectivity index (χ2n) is 5.51. The summed E-state index contributed by atoms with van der Waals surface area (Å²) >= 11 is 6.04. The van der Waals surface area contributed by atoms with E-state index in [0.29, 0.717) is 10.6 Å². The Morgan fingerprint density at radius 1 is 1.41 bits per heavy atom. The van der Waals surface area contributed by atoms with Gasteiger partial charge in [-0.2, -0.15) is 0 Å². The first kappa shape index (κ1) is 12.6. The van der Waals surface area contributed by atoms with Crippen molar-refractivity contribution >= 4 is 17.4 Å². The molecule has 2 rings (SSSR count). The average Bonchev–Trinajstić information content (AvgIpc) is 2.27. The second kappa shape index (κ2) is 4.81. The average molecular weight is 254 g/mol. The number of piperidine rings is 1. The van der Waals surface area contributed by atoms with Gasteiger partial charge in [-0.05, 0) is 18.3 Å². The first-order chi connectivity index (χ1) is 8.00. The number of rotatable bonds is 2. The van der Waals surface area contributed by atoms with Crippen LogP contribution >= 0.6 is 11.6 Å². The van der Waals surface area contributed by atoms with E-state index in [9.17, 15) is 0 Å². The number of nitrogens with zero attached hydrogens (tertiary/aromatic N) is 3. The Morgan fingerprint density at radius 2 is 2.18 bits per heavy atom. The predicted molar refractivity (Wildman–Crippen MR) is 71.6 cm³/mol. The van der Waals surface area contributed by atoms with Crippen molar-refractivity contribution in [3.63, 3.8) is 0 Å². The number of halogens is 1. The Morgan fingerprint density at radius 3 is 2.82 bits per heavy atom. The topological polar surface area (TPSA) is 29.0 Å². The maximum atomic E-state index is 6.04. The summed E-state index contributed by atoms with van der Waals surface area (Å²) in [6.07, 6.45) is 3.32. The van der Waals surface area contributed by atoms with E-state index in [1.54, 1.807) is 0 Å². The van der Waals surface area contributed by atoms with E-state index < -0.39 is 0 Å². The number of aromatic nitrogens is 2. The first-order valence-electron chi connectivity index (χ1n) is 6.28. The molecule has 0 radical (unpaired) electrons. The Balaban J connectivity index is 2.24. The van der Waals surface area contributed by atoms with Crippen LogP contribution in [0.4, 0.5) is 5.82 Å². The SMILES string of the molecule is CCc1nc(Cl)cc(N2CCCC(C)(C)C2)n1. The van der Waals surface area contributed by atoms with E-state index >= 15 is 0 Å². The van der Waals surface area contributed by atoms with Gasteiger partial charge in [-0.15, -0.1) is 0 Å². The van der Waals surface area contributed by atoms with E-state index in [-0.39, 0.29) is 0 Å². The van der Waals surface area contributed by atoms with Gasteiger partial charge in [-0.25, -0.2) is 9.97 Å². The zero-order valence-corrected chi connectivity index (χ0v) is 11.6. The number of aryl methyl sites for hydroxylation is 1. The lowest BCUT2D eigenvalue weighted by Gasteiger charge is -2.38. The fourth-order valence-electron chi connectivity index (χ4n) is 2.39. The molecule has 0 N–H and O–H groups in total. The van der Waals surface area contributed by atoms with Crippen LogP contribution in [0, 0.1) is 5.41 Å². The third kappa shape index (κ3) is 3.09. The molecule has 1 aromatic heterocycles. The number of hydrogen-bond donors (Lipinski definition) is 0. The third-order valence-electron chi connectivity index (χ3n) is 3.27. The maximum absolute atomic E-state index is 6.04. The lowest BCUT2D eigenvalue weighted by molar-refractivity contribution is 0.292. The molecule has 0 aliphatic carbocycles. The molecule has 0 unspecified atom stereocenters. The second-order valence-corrected chi connectivity index (χ2v) is 5.90. The number of hydrogen-bond acceptors (Lipinski definition) is 3. The van der Waals surface area contributed by atoms with Crippen molar-refractivity contribution in [1.29, 1.82) is 0 Å². The number of anilines is 1. The molecule has 1 saturated heterocycles. The van der Waals surface area contributed by atoms with Crippen molar-refractivity contribution in [3.05, 3.63) is 17.0 Å². The summed E-state index contributed by atoms with van der Waals surface area (Å²) in [5.74, 6) is 1.81. The zero-order chi connectivity index (χ0) is 12.5. The summed E-state index contributed by atoms with van der Waals surface area (Å²) in [7, 11) is 0. The predicted octanol–water partition coefficient (Wildman–Crippen LogP) is 3.32. The van der Waals surface area contributed by atoms with Crippen molar-refractivity contribution < 1.29 is 0 Å². The molecule has 1 aromatic rings. The van der Waals surface area contributed by atoms with Crippen molar-refractivity contribution in [2.75, 3.05) is 18.0 Å². The molecule has 3 nitrogen and oxygen atoms in total. The molecular formula is C13H20ClN3. The monoisotopic (exact) mass is 253 g/mol. The van der Waals surface area contributed by atoms with Crippen molar-refractivity contribution in [1.82, 2.24) is 9.97 Å². The fraction of sp³-hybridized carbons (Fsp3) is 0.692. The van der Waals surface area contributed by atoms with E-state index in [1.165, 1.54) is 12.8 Å². The van der Waals surface area contributed by atoms with Gasteiger partial charge >= 0.3 is 0 Å². The molecule has 0 spiro atoms. The van der Waals surface area contributed by atoms with Crippen LogP contribution in [0.1, 0.15) is 39.4 Å². The standard InChI is InChI=1S/C13H20ClN3/c1-4-11-15-10(14)8-12(16-11)17-7-5-6-13(2,3)9-17/h8H,4-7,9H2,1-3H3. The van der Waals surface area contributed by atoms with Crippen LogP contribution in [0.15, 0.2) is 6.07 Å². The molecule has 0 aromatic carbocycles. The van der Waals surface area contributed by atoms with Crippen LogP contribution in [-0.2, 0) is 6.42 Å². The van der Waals surface area contributed by atoms with Crippen LogP contribution < -0.4 is 4.90 Å². The Bertz CT molecular complexity index is 404. The molecule has 1 fully saturated rings. The van der Waals surface area contributed by atoms with Gasteiger partial charge in [0.2, 0.25) is 0 Å². The quantitative estimate of drug-likeness (QED) is 0.758. The minimum atomic E-state index is 0.363. The lowest BCUT2D eigenvalue weighted by Crippen LogP contribution is -2.40.